The minimum absolute atomic E-state index is 0.143. The van der Waals surface area contributed by atoms with Crippen molar-refractivity contribution >= 4 is 49.5 Å². The van der Waals surface area contributed by atoms with Crippen molar-refractivity contribution in [2.75, 3.05) is 13.2 Å². The van der Waals surface area contributed by atoms with E-state index in [0.717, 1.165) is 212 Å². The highest BCUT2D eigenvalue weighted by Crippen LogP contribution is 2.54. The number of benzene rings is 2. The van der Waals surface area contributed by atoms with E-state index in [1.54, 1.807) is 48.5 Å². The summed E-state index contributed by atoms with van der Waals surface area (Å²) < 4.78 is 73.4. The average molecular weight is 1680 g/mol. The first kappa shape index (κ1) is 107. The third-order valence-corrected chi connectivity index (χ3v) is 23.7. The van der Waals surface area contributed by atoms with E-state index in [1.165, 1.54) is 57.8 Å². The number of aliphatic carboxylic acids is 1. The smallest absolute Gasteiger partial charge is 0.475 e. The summed E-state index contributed by atoms with van der Waals surface area (Å²) in [6.45, 7) is 11.0. The number of rotatable bonds is 80. The lowest BCUT2D eigenvalue weighted by Crippen LogP contribution is -2.66. The van der Waals surface area contributed by atoms with Crippen LogP contribution in [0.15, 0.2) is 60.7 Å². The molecule has 2 aromatic rings. The standard InChI is InChI=1S/C96H165N2O19P/c1-7-13-19-25-31-34-40-43-55-65-82(112-89(104)68-58-46-37-28-22-16-10-4)72-86(100)97-81(71-88(102)103)78-109-96-93(98-87(101)73-83(66-56-44-41-35-32-26-20-14-8-2)113-90(105)69-59-47-38-29-23-17-11-5)95(94(85(75-99)115-96)117-118(108,110-76-79-61-51-49-52-62-79)111-77-80-63-53-50-54-64-80)116-92(107)74-84(67-57-45-42-36-33-27-21-15-9-3)114-91(106)70-60-48-39-30-24-18-12-6/h49-54,61-64,81-85,93-96,99H,7-48,55-60,65-78H2,1-6H3,(H,97,100)(H,98,101)(H,102,103)/t81-,82-,83-,84-,85+,93+,94+,95+,96+/m1/s1. The zero-order valence-electron chi connectivity index (χ0n) is 74.6. The van der Waals surface area contributed by atoms with Crippen LogP contribution in [0.3, 0.4) is 0 Å². The van der Waals surface area contributed by atoms with Crippen LogP contribution >= 0.6 is 7.82 Å². The van der Waals surface area contributed by atoms with Gasteiger partial charge in [-0.3, -0.25) is 47.1 Å². The van der Waals surface area contributed by atoms with Gasteiger partial charge in [-0.15, -0.1) is 0 Å². The molecule has 678 valence electrons. The van der Waals surface area contributed by atoms with Crippen LogP contribution in [-0.2, 0) is 93.3 Å². The Hall–Kier alpha value is -5.28. The number of nitrogens with one attached hydrogen (secondary N) is 2. The highest BCUT2D eigenvalue weighted by Gasteiger charge is 2.53. The van der Waals surface area contributed by atoms with Gasteiger partial charge in [-0.1, -0.05) is 372 Å². The molecule has 2 amide bonds. The maximum Gasteiger partial charge on any atom is 0.475 e. The molecular formula is C96H165N2O19P. The van der Waals surface area contributed by atoms with Gasteiger partial charge in [0, 0.05) is 19.3 Å². The van der Waals surface area contributed by atoms with Crippen LogP contribution in [0.25, 0.3) is 0 Å². The van der Waals surface area contributed by atoms with E-state index in [9.17, 15) is 34.2 Å². The number of phosphoric acid groups is 1. The van der Waals surface area contributed by atoms with E-state index < -0.39 is 131 Å². The third-order valence-electron chi connectivity index (χ3n) is 22.3. The second kappa shape index (κ2) is 72.2. The first-order valence-corrected chi connectivity index (χ1v) is 49.1. The molecule has 0 bridgehead atoms. The summed E-state index contributed by atoms with van der Waals surface area (Å²) >= 11 is 0. The lowest BCUT2D eigenvalue weighted by molar-refractivity contribution is -0.273. The second-order valence-corrected chi connectivity index (χ2v) is 35.0. The van der Waals surface area contributed by atoms with Gasteiger partial charge in [0.25, 0.3) is 0 Å². The average Bonchev–Trinajstić information content (AvgIpc) is 0.774. The first-order valence-electron chi connectivity index (χ1n) is 47.6. The molecule has 118 heavy (non-hydrogen) atoms. The molecule has 2 aromatic carbocycles. The zero-order chi connectivity index (χ0) is 85.6. The number of hydrogen-bond acceptors (Lipinski definition) is 18. The molecule has 1 fully saturated rings. The molecule has 0 aromatic heterocycles. The Kier molecular flexibility index (Phi) is 65.4. The molecule has 22 heteroatoms. The summed E-state index contributed by atoms with van der Waals surface area (Å²) in [5.74, 6) is -4.86. The maximum absolute atomic E-state index is 15.8. The van der Waals surface area contributed by atoms with Gasteiger partial charge in [0.2, 0.25) is 11.8 Å². The number of carbonyl (C=O) groups excluding carboxylic acids is 6. The van der Waals surface area contributed by atoms with Gasteiger partial charge < -0.3 is 49.3 Å². The summed E-state index contributed by atoms with van der Waals surface area (Å²) in [5, 5.41) is 28.1. The van der Waals surface area contributed by atoms with Gasteiger partial charge in [0.05, 0.1) is 58.2 Å². The van der Waals surface area contributed by atoms with E-state index in [-0.39, 0.29) is 45.3 Å². The fourth-order valence-corrected chi connectivity index (χ4v) is 16.7. The van der Waals surface area contributed by atoms with Gasteiger partial charge in [-0.05, 0) is 68.9 Å². The number of aliphatic hydroxyl groups is 1. The Balaban J connectivity index is 2.27. The molecule has 4 N–H and O–H groups in total. The molecule has 9 atom stereocenters. The van der Waals surface area contributed by atoms with Crippen molar-refractivity contribution in [3.8, 4) is 0 Å². The monoisotopic (exact) mass is 1680 g/mol. The van der Waals surface area contributed by atoms with Gasteiger partial charge >= 0.3 is 37.7 Å². The van der Waals surface area contributed by atoms with Crippen molar-refractivity contribution in [1.29, 1.82) is 0 Å². The van der Waals surface area contributed by atoms with E-state index in [1.807, 2.05) is 12.1 Å². The van der Waals surface area contributed by atoms with Gasteiger partial charge in [0.15, 0.2) is 12.4 Å². The summed E-state index contributed by atoms with van der Waals surface area (Å²) in [6, 6.07) is 14.8. The highest BCUT2D eigenvalue weighted by molar-refractivity contribution is 7.48. The predicted molar refractivity (Wildman–Crippen MR) is 469 cm³/mol. The van der Waals surface area contributed by atoms with E-state index >= 15 is 14.2 Å². The van der Waals surface area contributed by atoms with E-state index in [0.29, 0.717) is 68.9 Å². The van der Waals surface area contributed by atoms with Crippen LogP contribution in [0.1, 0.15) is 425 Å². The van der Waals surface area contributed by atoms with Crippen LogP contribution in [0.5, 0.6) is 0 Å². The molecule has 0 aliphatic carbocycles. The Morgan fingerprint density at radius 3 is 1.06 bits per heavy atom. The van der Waals surface area contributed by atoms with Crippen molar-refractivity contribution in [3.63, 3.8) is 0 Å². The Bertz CT molecular complexity index is 2830. The van der Waals surface area contributed by atoms with Crippen LogP contribution < -0.4 is 10.6 Å². The largest absolute Gasteiger partial charge is 0.481 e. The Labute approximate surface area is 714 Å². The minimum Gasteiger partial charge on any atom is -0.481 e. The summed E-state index contributed by atoms with van der Waals surface area (Å²) in [5.41, 5.74) is 1.18. The number of amides is 2. The SMILES string of the molecule is CCCCCCCCCCC[C@H](CC(=O)N[C@@H](CO[C@H]1O[C@@H](CO)[C@H](OP(=O)(OCc2ccccc2)OCc2ccccc2)[C@@H](OC(=O)C[C@@H](CCCCCCCCCCC)OC(=O)CCCCCCCCC)[C@@H]1NC(=O)C[C@@H](CCCCCCCCCCC)OC(=O)CCCCCCCCC)CC(=O)O)OC(=O)CCCCCCCCC. The molecule has 1 aliphatic heterocycles. The number of carboxylic acid groups (broad SMARTS) is 1. The second-order valence-electron chi connectivity index (χ2n) is 33.4. The molecule has 1 heterocycles. The fraction of sp³-hybridized carbons (Fsp3) is 0.802. The topological polar surface area (TPSA) is 284 Å². The van der Waals surface area contributed by atoms with Crippen molar-refractivity contribution < 1.29 is 90.3 Å². The van der Waals surface area contributed by atoms with Crippen molar-refractivity contribution in [2.24, 2.45) is 0 Å². The number of carbonyl (C=O) groups is 7. The number of aliphatic hydroxyl groups excluding tert-OH is 1. The number of carboxylic acids is 1. The number of hydrogen-bond donors (Lipinski definition) is 4. The molecule has 1 saturated heterocycles. The van der Waals surface area contributed by atoms with Crippen molar-refractivity contribution in [2.45, 2.75) is 482 Å². The number of ether oxygens (including phenoxy) is 6. The summed E-state index contributed by atoms with van der Waals surface area (Å²) in [7, 11) is -4.94. The normalized spacial score (nSPS) is 16.5. The van der Waals surface area contributed by atoms with Crippen LogP contribution in [0.4, 0.5) is 0 Å². The third kappa shape index (κ3) is 55.7. The lowest BCUT2D eigenvalue weighted by atomic mass is 9.95. The van der Waals surface area contributed by atoms with Crippen LogP contribution in [-0.4, -0.2) is 120 Å². The van der Waals surface area contributed by atoms with E-state index in [2.05, 4.69) is 52.2 Å². The van der Waals surface area contributed by atoms with Crippen LogP contribution in [0, 0.1) is 0 Å². The molecule has 0 radical (unpaired) electrons. The molecular weight excluding hydrogens is 1520 g/mol. The van der Waals surface area contributed by atoms with Gasteiger partial charge in [-0.25, -0.2) is 4.57 Å². The summed E-state index contributed by atoms with van der Waals surface area (Å²) in [6.07, 6.45) is 38.9. The first-order chi connectivity index (χ1) is 57.5. The van der Waals surface area contributed by atoms with E-state index in [4.69, 9.17) is 42.0 Å². The summed E-state index contributed by atoms with van der Waals surface area (Å²) in [4.78, 5) is 99.8. The molecule has 3 rings (SSSR count). The van der Waals surface area contributed by atoms with Gasteiger partial charge in [-0.2, -0.15) is 0 Å². The van der Waals surface area contributed by atoms with Crippen molar-refractivity contribution in [3.05, 3.63) is 71.8 Å². The predicted octanol–water partition coefficient (Wildman–Crippen LogP) is 24.1. The number of esters is 4. The quantitative estimate of drug-likeness (QED) is 0.0207. The number of phosphoric ester groups is 1. The molecule has 0 saturated carbocycles. The Morgan fingerprint density at radius 1 is 0.398 bits per heavy atom. The molecule has 21 nitrogen and oxygen atoms in total. The minimum atomic E-state index is -4.94. The maximum atomic E-state index is 15.8. The Morgan fingerprint density at radius 2 is 0.720 bits per heavy atom. The van der Waals surface area contributed by atoms with Crippen molar-refractivity contribution in [1.82, 2.24) is 10.6 Å². The molecule has 0 unspecified atom stereocenters. The molecule has 0 spiro atoms. The van der Waals surface area contributed by atoms with Gasteiger partial charge in [0.1, 0.15) is 36.6 Å². The number of unbranched alkanes of at least 4 members (excludes halogenated alkanes) is 42. The fourth-order valence-electron chi connectivity index (χ4n) is 15.3. The van der Waals surface area contributed by atoms with Crippen LogP contribution in [0.2, 0.25) is 0 Å². The zero-order valence-corrected chi connectivity index (χ0v) is 75.5. The molecule has 1 aliphatic rings. The highest BCUT2D eigenvalue weighted by atomic mass is 31.2. The lowest BCUT2D eigenvalue weighted by Gasteiger charge is -2.46.